The van der Waals surface area contributed by atoms with Crippen molar-refractivity contribution in [3.05, 3.63) is 41.1 Å². The first-order valence-electron chi connectivity index (χ1n) is 7.16. The number of nitrogens with zero attached hydrogens (tertiary/aromatic N) is 2. The van der Waals surface area contributed by atoms with E-state index in [1.165, 1.54) is 19.2 Å². The molecule has 2 rings (SSSR count). The van der Waals surface area contributed by atoms with E-state index in [1.807, 2.05) is 6.07 Å². The van der Waals surface area contributed by atoms with Crippen LogP contribution in [0.15, 0.2) is 35.5 Å². The van der Waals surface area contributed by atoms with Crippen LogP contribution in [0.3, 0.4) is 0 Å². The summed E-state index contributed by atoms with van der Waals surface area (Å²) in [6.07, 6.45) is -3.74. The molecule has 0 aliphatic carbocycles. The molecule has 0 spiro atoms. The van der Waals surface area contributed by atoms with Crippen molar-refractivity contribution in [2.75, 3.05) is 19.5 Å². The summed E-state index contributed by atoms with van der Waals surface area (Å²) < 4.78 is 42.9. The van der Waals surface area contributed by atoms with E-state index in [-0.39, 0.29) is 11.7 Å². The van der Waals surface area contributed by atoms with E-state index in [1.54, 1.807) is 11.9 Å². The molecule has 1 aromatic carbocycles. The van der Waals surface area contributed by atoms with Crippen LogP contribution in [0.1, 0.15) is 18.4 Å². The van der Waals surface area contributed by atoms with Gasteiger partial charge in [0.25, 0.3) is 0 Å². The van der Waals surface area contributed by atoms with Crippen LogP contribution in [0, 0.1) is 11.3 Å². The molecule has 1 fully saturated rings. The highest BCUT2D eigenvalue weighted by atomic mass is 19.4. The fourth-order valence-corrected chi connectivity index (χ4v) is 2.61. The molecule has 1 unspecified atom stereocenters. The first-order chi connectivity index (χ1) is 11.3. The number of methoxy groups -OCH3 is 1. The average molecular weight is 339 g/mol. The van der Waals surface area contributed by atoms with Gasteiger partial charge in [0.2, 0.25) is 0 Å². The van der Waals surface area contributed by atoms with Crippen LogP contribution in [0.4, 0.5) is 18.9 Å². The van der Waals surface area contributed by atoms with E-state index >= 15 is 0 Å². The molecule has 5 nitrogen and oxygen atoms in total. The second-order valence-corrected chi connectivity index (χ2v) is 5.31. The smallest absolute Gasteiger partial charge is 0.416 e. The van der Waals surface area contributed by atoms with Gasteiger partial charge in [-0.15, -0.1) is 0 Å². The number of benzene rings is 1. The van der Waals surface area contributed by atoms with Gasteiger partial charge in [-0.1, -0.05) is 6.07 Å². The van der Waals surface area contributed by atoms with Gasteiger partial charge in [-0.2, -0.15) is 18.4 Å². The Morgan fingerprint density at radius 1 is 1.46 bits per heavy atom. The van der Waals surface area contributed by atoms with Crippen molar-refractivity contribution >= 4 is 11.7 Å². The molecule has 1 atom stereocenters. The number of carbonyl (C=O) groups excluding carboxylic acids is 1. The number of allylic oxidation sites excluding steroid dienone is 1. The van der Waals surface area contributed by atoms with E-state index in [4.69, 9.17) is 5.26 Å². The van der Waals surface area contributed by atoms with Crippen molar-refractivity contribution in [1.29, 1.82) is 5.26 Å². The summed E-state index contributed by atoms with van der Waals surface area (Å²) in [7, 11) is 2.86. The van der Waals surface area contributed by atoms with Gasteiger partial charge in [-0.25, -0.2) is 4.79 Å². The quantitative estimate of drug-likeness (QED) is 0.521. The number of alkyl halides is 3. The van der Waals surface area contributed by atoms with Crippen LogP contribution in [0.5, 0.6) is 0 Å². The van der Waals surface area contributed by atoms with Crippen LogP contribution in [0.2, 0.25) is 0 Å². The topological polar surface area (TPSA) is 65.4 Å². The zero-order chi connectivity index (χ0) is 17.9. The Bertz CT molecular complexity index is 707. The minimum absolute atomic E-state index is 0.0895. The van der Waals surface area contributed by atoms with Gasteiger partial charge in [0.15, 0.2) is 5.57 Å². The van der Waals surface area contributed by atoms with Crippen LogP contribution < -0.4 is 5.32 Å². The highest BCUT2D eigenvalue weighted by Crippen LogP contribution is 2.33. The molecule has 1 aliphatic heterocycles. The lowest BCUT2D eigenvalue weighted by atomic mass is 10.2. The predicted octanol–water partition coefficient (Wildman–Crippen LogP) is 3.12. The fourth-order valence-electron chi connectivity index (χ4n) is 2.61. The molecule has 8 heteroatoms. The van der Waals surface area contributed by atoms with Crippen molar-refractivity contribution in [3.8, 4) is 6.07 Å². The molecule has 0 bridgehead atoms. The molecular formula is C16H16F3N3O2. The highest BCUT2D eigenvalue weighted by Gasteiger charge is 2.32. The molecule has 24 heavy (non-hydrogen) atoms. The zero-order valence-corrected chi connectivity index (χ0v) is 13.1. The number of hydrogen-bond acceptors (Lipinski definition) is 5. The summed E-state index contributed by atoms with van der Waals surface area (Å²) in [6.45, 7) is 0. The Morgan fingerprint density at radius 2 is 2.17 bits per heavy atom. The van der Waals surface area contributed by atoms with Gasteiger partial charge in [0.1, 0.15) is 6.07 Å². The summed E-state index contributed by atoms with van der Waals surface area (Å²) in [4.78, 5) is 13.3. The lowest BCUT2D eigenvalue weighted by Gasteiger charge is -2.25. The lowest BCUT2D eigenvalue weighted by Crippen LogP contribution is -2.32. The first-order valence-corrected chi connectivity index (χ1v) is 7.16. The summed E-state index contributed by atoms with van der Waals surface area (Å²) in [5.41, 5.74) is -0.00198. The predicted molar refractivity (Wildman–Crippen MR) is 80.5 cm³/mol. The van der Waals surface area contributed by atoms with Gasteiger partial charge < -0.3 is 15.0 Å². The number of halogens is 3. The molecule has 0 aromatic heterocycles. The van der Waals surface area contributed by atoms with E-state index in [9.17, 15) is 18.0 Å². The SMILES string of the molecule is COC(=O)C(C#N)=C1CCC(Nc2cccc(C(F)(F)F)c2)N1C. The maximum absolute atomic E-state index is 12.8. The molecule has 0 amide bonds. The molecule has 0 radical (unpaired) electrons. The third kappa shape index (κ3) is 3.62. The zero-order valence-electron chi connectivity index (χ0n) is 13.1. The number of ether oxygens (including phenoxy) is 1. The van der Waals surface area contributed by atoms with Gasteiger partial charge in [-0.3, -0.25) is 0 Å². The second kappa shape index (κ2) is 6.83. The normalized spacial score (nSPS) is 19.7. The second-order valence-electron chi connectivity index (χ2n) is 5.31. The molecule has 0 saturated carbocycles. The van der Waals surface area contributed by atoms with E-state index in [0.29, 0.717) is 24.2 Å². The Hall–Kier alpha value is -2.69. The van der Waals surface area contributed by atoms with Gasteiger partial charge in [0.05, 0.1) is 18.8 Å². The van der Waals surface area contributed by atoms with Gasteiger partial charge in [-0.05, 0) is 31.0 Å². The summed E-state index contributed by atoms with van der Waals surface area (Å²) in [6, 6.07) is 6.72. The number of nitrogens with one attached hydrogen (secondary N) is 1. The Kier molecular flexibility index (Phi) is 5.02. The van der Waals surface area contributed by atoms with Crippen LogP contribution in [-0.2, 0) is 15.7 Å². The summed E-state index contributed by atoms with van der Waals surface area (Å²) in [5.74, 6) is -0.723. The van der Waals surface area contributed by atoms with Crippen molar-refractivity contribution in [2.45, 2.75) is 25.2 Å². The Labute approximate surface area is 137 Å². The number of carbonyl (C=O) groups is 1. The monoisotopic (exact) mass is 339 g/mol. The third-order valence-electron chi connectivity index (χ3n) is 3.86. The van der Waals surface area contributed by atoms with Crippen LogP contribution >= 0.6 is 0 Å². The summed E-state index contributed by atoms with van der Waals surface area (Å²) in [5, 5.41) is 12.1. The maximum Gasteiger partial charge on any atom is 0.416 e. The van der Waals surface area contributed by atoms with E-state index < -0.39 is 17.7 Å². The average Bonchev–Trinajstić information content (AvgIpc) is 2.89. The molecular weight excluding hydrogens is 323 g/mol. The standard InChI is InChI=1S/C16H16F3N3O2/c1-22-13(12(9-20)15(23)24-2)6-7-14(22)21-11-5-3-4-10(8-11)16(17,18)19/h3-5,8,14,21H,6-7H2,1-2H3. The van der Waals surface area contributed by atoms with Crippen molar-refractivity contribution in [3.63, 3.8) is 0 Å². The number of anilines is 1. The fraction of sp³-hybridized carbons (Fsp3) is 0.375. The van der Waals surface area contributed by atoms with E-state index in [2.05, 4.69) is 10.1 Å². The third-order valence-corrected chi connectivity index (χ3v) is 3.86. The van der Waals surface area contributed by atoms with Crippen molar-refractivity contribution in [1.82, 2.24) is 4.90 Å². The Morgan fingerprint density at radius 3 is 2.75 bits per heavy atom. The molecule has 1 N–H and O–H groups in total. The highest BCUT2D eigenvalue weighted by molar-refractivity contribution is 5.93. The minimum atomic E-state index is -4.41. The maximum atomic E-state index is 12.8. The van der Waals surface area contributed by atoms with Crippen LogP contribution in [-0.4, -0.2) is 31.2 Å². The molecule has 1 saturated heterocycles. The van der Waals surface area contributed by atoms with Gasteiger partial charge in [0, 0.05) is 18.4 Å². The summed E-state index contributed by atoms with van der Waals surface area (Å²) >= 11 is 0. The molecule has 1 aliphatic rings. The van der Waals surface area contributed by atoms with Crippen LogP contribution in [0.25, 0.3) is 0 Å². The molecule has 1 heterocycles. The van der Waals surface area contributed by atoms with Gasteiger partial charge >= 0.3 is 12.1 Å². The van der Waals surface area contributed by atoms with E-state index in [0.717, 1.165) is 12.1 Å². The van der Waals surface area contributed by atoms with Crippen molar-refractivity contribution in [2.24, 2.45) is 0 Å². The number of nitriles is 1. The lowest BCUT2D eigenvalue weighted by molar-refractivity contribution is -0.137. The number of esters is 1. The molecule has 1 aromatic rings. The largest absolute Gasteiger partial charge is 0.465 e. The number of likely N-dealkylation sites (tertiary alicyclic amines) is 1. The first kappa shape index (κ1) is 17.7. The minimum Gasteiger partial charge on any atom is -0.465 e. The van der Waals surface area contributed by atoms with Crippen molar-refractivity contribution < 1.29 is 22.7 Å². The number of rotatable bonds is 3. The number of hydrogen-bond donors (Lipinski definition) is 1. The molecule has 128 valence electrons. The Balaban J connectivity index is 2.20.